The van der Waals surface area contributed by atoms with Crippen molar-refractivity contribution in [3.05, 3.63) is 24.3 Å². The zero-order valence-corrected chi connectivity index (χ0v) is 14.5. The third-order valence-corrected chi connectivity index (χ3v) is 4.06. The minimum Gasteiger partial charge on any atom is -0.489 e. The number of carbonyl (C=O) groups is 1. The van der Waals surface area contributed by atoms with Gasteiger partial charge in [-0.05, 0) is 31.4 Å². The van der Waals surface area contributed by atoms with E-state index in [9.17, 15) is 4.79 Å². The fraction of sp³-hybridized carbons (Fsp3) is 0.588. The molecule has 0 bridgehead atoms. The van der Waals surface area contributed by atoms with Gasteiger partial charge in [0.15, 0.2) is 0 Å². The van der Waals surface area contributed by atoms with Crippen LogP contribution in [-0.4, -0.2) is 51.0 Å². The van der Waals surface area contributed by atoms with E-state index < -0.39 is 6.10 Å². The van der Waals surface area contributed by atoms with Crippen molar-refractivity contribution in [3.63, 3.8) is 0 Å². The molecule has 1 aromatic carbocycles. The Morgan fingerprint density at radius 1 is 1.25 bits per heavy atom. The summed E-state index contributed by atoms with van der Waals surface area (Å²) >= 11 is 0. The van der Waals surface area contributed by atoms with Gasteiger partial charge in [-0.25, -0.2) is 0 Å². The van der Waals surface area contributed by atoms with E-state index in [0.29, 0.717) is 31.2 Å². The molecule has 2 aliphatic heterocycles. The van der Waals surface area contributed by atoms with E-state index in [1.54, 1.807) is 0 Å². The number of ether oxygens (including phenoxy) is 3. The maximum atomic E-state index is 12.3. The molecule has 2 unspecified atom stereocenters. The molecule has 7 heteroatoms. The number of benzene rings is 1. The fourth-order valence-electron chi connectivity index (χ4n) is 2.76. The molecule has 2 heterocycles. The molecule has 2 saturated heterocycles. The summed E-state index contributed by atoms with van der Waals surface area (Å²) in [6, 6.07) is 7.47. The number of rotatable bonds is 5. The molecular weight excluding hydrogens is 332 g/mol. The van der Waals surface area contributed by atoms with Gasteiger partial charge in [0.2, 0.25) is 0 Å². The Balaban J connectivity index is 0.00000208. The molecule has 2 N–H and O–H groups in total. The van der Waals surface area contributed by atoms with E-state index >= 15 is 0 Å². The van der Waals surface area contributed by atoms with Crippen molar-refractivity contribution in [2.45, 2.75) is 31.5 Å². The number of morpholine rings is 1. The Hall–Kier alpha value is -1.34. The third kappa shape index (κ3) is 5.34. The van der Waals surface area contributed by atoms with Gasteiger partial charge < -0.3 is 24.8 Å². The van der Waals surface area contributed by atoms with E-state index in [1.165, 1.54) is 6.42 Å². The highest BCUT2D eigenvalue weighted by atomic mass is 35.5. The summed E-state index contributed by atoms with van der Waals surface area (Å²) in [5, 5.41) is 6.05. The van der Waals surface area contributed by atoms with E-state index in [2.05, 4.69) is 10.6 Å². The minimum absolute atomic E-state index is 0. The average molecular weight is 357 g/mol. The normalized spacial score (nSPS) is 23.8. The van der Waals surface area contributed by atoms with Crippen molar-refractivity contribution in [2.75, 3.05) is 38.2 Å². The largest absolute Gasteiger partial charge is 0.489 e. The number of nitrogens with one attached hydrogen (secondary N) is 2. The topological polar surface area (TPSA) is 68.8 Å². The first kappa shape index (κ1) is 19.0. The monoisotopic (exact) mass is 356 g/mol. The van der Waals surface area contributed by atoms with Gasteiger partial charge in [-0.1, -0.05) is 12.1 Å². The number of carbonyl (C=O) groups excluding carboxylic acids is 1. The van der Waals surface area contributed by atoms with Crippen LogP contribution >= 0.6 is 12.4 Å². The summed E-state index contributed by atoms with van der Waals surface area (Å²) in [7, 11) is 0. The van der Waals surface area contributed by atoms with Gasteiger partial charge in [-0.15, -0.1) is 12.4 Å². The maximum absolute atomic E-state index is 12.3. The summed E-state index contributed by atoms with van der Waals surface area (Å²) in [6.45, 7) is 3.18. The lowest BCUT2D eigenvalue weighted by Crippen LogP contribution is -2.45. The lowest BCUT2D eigenvalue weighted by atomic mass is 10.1. The number of halogens is 1. The van der Waals surface area contributed by atoms with Crippen LogP contribution in [0.1, 0.15) is 19.3 Å². The fourth-order valence-corrected chi connectivity index (χ4v) is 2.76. The highest BCUT2D eigenvalue weighted by molar-refractivity contribution is 5.95. The van der Waals surface area contributed by atoms with Gasteiger partial charge >= 0.3 is 0 Å². The molecule has 0 aromatic heterocycles. The second kappa shape index (κ2) is 9.84. The number of amides is 1. The zero-order chi connectivity index (χ0) is 15.9. The highest BCUT2D eigenvalue weighted by Gasteiger charge is 2.23. The number of hydrogen-bond acceptors (Lipinski definition) is 5. The van der Waals surface area contributed by atoms with Crippen LogP contribution < -0.4 is 15.4 Å². The second-order valence-electron chi connectivity index (χ2n) is 5.85. The molecule has 2 atom stereocenters. The van der Waals surface area contributed by atoms with Crippen LogP contribution in [0.15, 0.2) is 24.3 Å². The molecule has 6 nitrogen and oxygen atoms in total. The van der Waals surface area contributed by atoms with Gasteiger partial charge in [0.1, 0.15) is 18.5 Å². The Labute approximate surface area is 148 Å². The first-order chi connectivity index (χ1) is 11.3. The summed E-state index contributed by atoms with van der Waals surface area (Å²) < 4.78 is 17.0. The van der Waals surface area contributed by atoms with Crippen LogP contribution in [0.5, 0.6) is 5.75 Å². The smallest absolute Gasteiger partial charge is 0.254 e. The molecule has 0 saturated carbocycles. The van der Waals surface area contributed by atoms with Gasteiger partial charge in [0.25, 0.3) is 5.91 Å². The van der Waals surface area contributed by atoms with Crippen molar-refractivity contribution in [3.8, 4) is 5.75 Å². The van der Waals surface area contributed by atoms with E-state index in [1.807, 2.05) is 24.3 Å². The molecule has 3 rings (SSSR count). The van der Waals surface area contributed by atoms with Crippen molar-refractivity contribution in [1.29, 1.82) is 0 Å². The molecule has 2 aliphatic rings. The Morgan fingerprint density at radius 3 is 2.88 bits per heavy atom. The third-order valence-electron chi connectivity index (χ3n) is 4.06. The van der Waals surface area contributed by atoms with Gasteiger partial charge in [-0.2, -0.15) is 0 Å². The van der Waals surface area contributed by atoms with Crippen molar-refractivity contribution in [1.82, 2.24) is 5.32 Å². The van der Waals surface area contributed by atoms with Crippen LogP contribution in [0.3, 0.4) is 0 Å². The molecule has 24 heavy (non-hydrogen) atoms. The predicted octanol–water partition coefficient (Wildman–Crippen LogP) is 1.98. The predicted molar refractivity (Wildman–Crippen MR) is 94.0 cm³/mol. The molecule has 2 fully saturated rings. The van der Waals surface area contributed by atoms with Crippen LogP contribution in [0.25, 0.3) is 0 Å². The summed E-state index contributed by atoms with van der Waals surface area (Å²) in [5.74, 6) is 0.515. The van der Waals surface area contributed by atoms with Gasteiger partial charge in [0.05, 0.1) is 18.4 Å². The molecule has 1 aromatic rings. The van der Waals surface area contributed by atoms with Crippen LogP contribution in [-0.2, 0) is 14.3 Å². The standard InChI is InChI=1S/C17H24N2O4.ClH/c20-17(16-11-18-8-10-22-16)19-14-6-1-2-7-15(14)23-12-13-5-3-4-9-21-13;/h1-2,6-7,13,16,18H,3-5,8-12H2,(H,19,20);1H. The number of anilines is 1. The van der Waals surface area contributed by atoms with E-state index in [-0.39, 0.29) is 24.4 Å². The summed E-state index contributed by atoms with van der Waals surface area (Å²) in [6.07, 6.45) is 3.00. The maximum Gasteiger partial charge on any atom is 0.254 e. The molecular formula is C17H25ClN2O4. The molecule has 1 amide bonds. The Kier molecular flexibility index (Phi) is 7.78. The van der Waals surface area contributed by atoms with Crippen LogP contribution in [0.4, 0.5) is 5.69 Å². The Bertz CT molecular complexity index is 517. The van der Waals surface area contributed by atoms with Crippen molar-refractivity contribution in [2.24, 2.45) is 0 Å². The minimum atomic E-state index is -0.460. The first-order valence-corrected chi connectivity index (χ1v) is 8.29. The lowest BCUT2D eigenvalue weighted by Gasteiger charge is -2.24. The average Bonchev–Trinajstić information content (AvgIpc) is 2.62. The highest BCUT2D eigenvalue weighted by Crippen LogP contribution is 2.25. The zero-order valence-electron chi connectivity index (χ0n) is 13.7. The summed E-state index contributed by atoms with van der Waals surface area (Å²) in [4.78, 5) is 12.3. The van der Waals surface area contributed by atoms with Gasteiger partial charge in [0, 0.05) is 19.7 Å². The Morgan fingerprint density at radius 2 is 2.12 bits per heavy atom. The number of para-hydroxylation sites is 2. The molecule has 0 aliphatic carbocycles. The van der Waals surface area contributed by atoms with Gasteiger partial charge in [-0.3, -0.25) is 4.79 Å². The van der Waals surface area contributed by atoms with Crippen molar-refractivity contribution < 1.29 is 19.0 Å². The van der Waals surface area contributed by atoms with E-state index in [0.717, 1.165) is 26.0 Å². The molecule has 134 valence electrons. The second-order valence-corrected chi connectivity index (χ2v) is 5.85. The lowest BCUT2D eigenvalue weighted by molar-refractivity contribution is -0.128. The quantitative estimate of drug-likeness (QED) is 0.844. The van der Waals surface area contributed by atoms with Crippen LogP contribution in [0, 0.1) is 0 Å². The first-order valence-electron chi connectivity index (χ1n) is 8.29. The van der Waals surface area contributed by atoms with Crippen molar-refractivity contribution >= 4 is 24.0 Å². The molecule has 0 spiro atoms. The summed E-state index contributed by atoms with van der Waals surface area (Å²) in [5.41, 5.74) is 0.669. The molecule has 0 radical (unpaired) electrons. The van der Waals surface area contributed by atoms with Crippen LogP contribution in [0.2, 0.25) is 0 Å². The number of hydrogen-bond donors (Lipinski definition) is 2. The van der Waals surface area contributed by atoms with E-state index in [4.69, 9.17) is 14.2 Å². The SMILES string of the molecule is Cl.O=C(Nc1ccccc1OCC1CCCCO1)C1CNCCO1.